The zero-order chi connectivity index (χ0) is 23.8. The fraction of sp³-hybridized carbons (Fsp3) is 0.824. The Labute approximate surface area is 183 Å². The fourth-order valence-corrected chi connectivity index (χ4v) is 1.58. The number of amides is 4. The highest BCUT2D eigenvalue weighted by molar-refractivity contribution is 7.80. The van der Waals surface area contributed by atoms with Crippen LogP contribution in [0.2, 0.25) is 0 Å². The number of carbonyl (C=O) groups is 2. The number of thiocarbonyl (C=S) groups is 1. The number of hydrogen-bond donors (Lipinski definition) is 6. The molecule has 13 heteroatoms. The molecule has 30 heavy (non-hydrogen) atoms. The normalized spacial score (nSPS) is 13.1. The van der Waals surface area contributed by atoms with Gasteiger partial charge in [-0.2, -0.15) is 20.5 Å². The van der Waals surface area contributed by atoms with Crippen LogP contribution in [0.15, 0.2) is 20.5 Å². The minimum atomic E-state index is -0.917. The van der Waals surface area contributed by atoms with E-state index in [1.165, 1.54) is 0 Å². The molecular weight excluding hydrogens is 408 g/mol. The van der Waals surface area contributed by atoms with Gasteiger partial charge in [0.2, 0.25) is 5.11 Å². The standard InChI is InChI=1S/C17H36N10O2S/c1-14(2,3)24-26-16(7,8)18-11(28)20-22-13(30)23-21-12(29)19-17(9,10)27-25-15(4,5)6/h1-10H3,(H2,18,20,28)(H2,19,21,29)(H2,22,23,30). The molecule has 0 saturated carbocycles. The van der Waals surface area contributed by atoms with Gasteiger partial charge in [0, 0.05) is 0 Å². The van der Waals surface area contributed by atoms with Gasteiger partial charge in [0.1, 0.15) is 11.3 Å². The SMILES string of the molecule is CC(C)(C)N=NC(C)(C)NC(=O)NNC(=S)NNC(=O)NC(C)(C)N=NC(C)(C)C. The number of hydrazine groups is 2. The van der Waals surface area contributed by atoms with E-state index in [2.05, 4.69) is 52.8 Å². The summed E-state index contributed by atoms with van der Waals surface area (Å²) in [6, 6.07) is -1.16. The summed E-state index contributed by atoms with van der Waals surface area (Å²) in [5.41, 5.74) is 7.01. The Kier molecular flexibility index (Phi) is 9.56. The molecule has 0 aromatic carbocycles. The minimum Gasteiger partial charge on any atom is -0.311 e. The third-order valence-electron chi connectivity index (χ3n) is 2.62. The molecule has 0 saturated heterocycles. The van der Waals surface area contributed by atoms with Crippen molar-refractivity contribution < 1.29 is 9.59 Å². The molecule has 0 heterocycles. The van der Waals surface area contributed by atoms with Crippen LogP contribution in [0.5, 0.6) is 0 Å². The van der Waals surface area contributed by atoms with E-state index >= 15 is 0 Å². The summed E-state index contributed by atoms with van der Waals surface area (Å²) >= 11 is 4.98. The second-order valence-corrected chi connectivity index (χ2v) is 10.0. The minimum absolute atomic E-state index is 0.0384. The monoisotopic (exact) mass is 444 g/mol. The van der Waals surface area contributed by atoms with Gasteiger partial charge in [-0.1, -0.05) is 0 Å². The number of carbonyl (C=O) groups excluding carboxylic acids is 2. The summed E-state index contributed by atoms with van der Waals surface area (Å²) in [7, 11) is 0. The van der Waals surface area contributed by atoms with Crippen LogP contribution in [0, 0.1) is 0 Å². The molecule has 6 N–H and O–H groups in total. The Balaban J connectivity index is 4.40. The highest BCUT2D eigenvalue weighted by Gasteiger charge is 2.22. The van der Waals surface area contributed by atoms with E-state index in [9.17, 15) is 9.59 Å². The van der Waals surface area contributed by atoms with Crippen LogP contribution in [-0.2, 0) is 0 Å². The van der Waals surface area contributed by atoms with Crippen LogP contribution in [0.4, 0.5) is 9.59 Å². The molecule has 172 valence electrons. The summed E-state index contributed by atoms with van der Waals surface area (Å²) in [5.74, 6) is 0. The van der Waals surface area contributed by atoms with Gasteiger partial charge in [0.05, 0.1) is 11.1 Å². The van der Waals surface area contributed by atoms with Gasteiger partial charge in [-0.25, -0.2) is 20.4 Å². The maximum Gasteiger partial charge on any atom is 0.335 e. The molecule has 0 aliphatic carbocycles. The van der Waals surface area contributed by atoms with Crippen LogP contribution >= 0.6 is 12.2 Å². The lowest BCUT2D eigenvalue weighted by Crippen LogP contribution is -2.59. The van der Waals surface area contributed by atoms with E-state index in [1.54, 1.807) is 27.7 Å². The summed E-state index contributed by atoms with van der Waals surface area (Å²) in [5, 5.41) is 21.7. The van der Waals surface area contributed by atoms with E-state index in [0.717, 1.165) is 0 Å². The van der Waals surface area contributed by atoms with Gasteiger partial charge in [0.25, 0.3) is 0 Å². The molecule has 12 nitrogen and oxygen atoms in total. The Morgan fingerprint density at radius 1 is 0.567 bits per heavy atom. The number of rotatable bonds is 4. The highest BCUT2D eigenvalue weighted by Crippen LogP contribution is 2.13. The van der Waals surface area contributed by atoms with Gasteiger partial charge in [-0.15, -0.1) is 0 Å². The average Bonchev–Trinajstić information content (AvgIpc) is 2.53. The first kappa shape index (κ1) is 27.4. The van der Waals surface area contributed by atoms with Crippen molar-refractivity contribution in [3.8, 4) is 0 Å². The number of hydrogen-bond acceptors (Lipinski definition) is 7. The first-order valence-electron chi connectivity index (χ1n) is 9.41. The van der Waals surface area contributed by atoms with Crippen molar-refractivity contribution in [3.05, 3.63) is 0 Å². The molecule has 0 fully saturated rings. The molecule has 0 radical (unpaired) electrons. The summed E-state index contributed by atoms with van der Waals surface area (Å²) < 4.78 is 0. The molecule has 0 aliphatic heterocycles. The average molecular weight is 445 g/mol. The molecule has 0 aromatic rings. The smallest absolute Gasteiger partial charge is 0.311 e. The molecule has 0 rings (SSSR count). The molecule has 0 atom stereocenters. The predicted octanol–water partition coefficient (Wildman–Crippen LogP) is 2.85. The van der Waals surface area contributed by atoms with Crippen LogP contribution in [0.3, 0.4) is 0 Å². The number of nitrogens with one attached hydrogen (secondary N) is 6. The van der Waals surface area contributed by atoms with Crippen molar-refractivity contribution in [2.45, 2.75) is 91.6 Å². The second-order valence-electron chi connectivity index (χ2n) is 9.60. The summed E-state index contributed by atoms with van der Waals surface area (Å²) in [6.07, 6.45) is 0. The zero-order valence-electron chi connectivity index (χ0n) is 19.5. The summed E-state index contributed by atoms with van der Waals surface area (Å²) in [6.45, 7) is 18.2. The van der Waals surface area contributed by atoms with Gasteiger partial charge in [-0.3, -0.25) is 10.9 Å². The molecule has 0 bridgehead atoms. The first-order valence-corrected chi connectivity index (χ1v) is 9.82. The molecule has 0 spiro atoms. The van der Waals surface area contributed by atoms with Crippen molar-refractivity contribution in [3.63, 3.8) is 0 Å². The fourth-order valence-electron chi connectivity index (χ4n) is 1.48. The molecule has 0 aromatic heterocycles. The number of urea groups is 2. The van der Waals surface area contributed by atoms with Crippen molar-refractivity contribution in [2.75, 3.05) is 0 Å². The Morgan fingerprint density at radius 3 is 1.13 bits per heavy atom. The highest BCUT2D eigenvalue weighted by atomic mass is 32.1. The van der Waals surface area contributed by atoms with E-state index in [-0.39, 0.29) is 16.2 Å². The lowest BCUT2D eigenvalue weighted by molar-refractivity contribution is 0.226. The Morgan fingerprint density at radius 2 is 0.867 bits per heavy atom. The lowest BCUT2D eigenvalue weighted by Gasteiger charge is -2.23. The topological polar surface area (TPSA) is 156 Å². The van der Waals surface area contributed by atoms with Crippen LogP contribution in [0.25, 0.3) is 0 Å². The molecule has 0 unspecified atom stereocenters. The predicted molar refractivity (Wildman–Crippen MR) is 120 cm³/mol. The largest absolute Gasteiger partial charge is 0.335 e. The van der Waals surface area contributed by atoms with Gasteiger partial charge >= 0.3 is 12.1 Å². The van der Waals surface area contributed by atoms with Gasteiger partial charge in [0.15, 0.2) is 0 Å². The van der Waals surface area contributed by atoms with E-state index in [0.29, 0.717) is 0 Å². The van der Waals surface area contributed by atoms with Crippen molar-refractivity contribution >= 4 is 29.4 Å². The van der Waals surface area contributed by atoms with Crippen LogP contribution in [-0.4, -0.2) is 39.6 Å². The molecular formula is C17H36N10O2S. The van der Waals surface area contributed by atoms with Crippen molar-refractivity contribution in [2.24, 2.45) is 20.5 Å². The van der Waals surface area contributed by atoms with Gasteiger partial charge < -0.3 is 10.6 Å². The third-order valence-corrected chi connectivity index (χ3v) is 2.82. The van der Waals surface area contributed by atoms with Crippen LogP contribution < -0.4 is 32.3 Å². The van der Waals surface area contributed by atoms with E-state index < -0.39 is 23.4 Å². The van der Waals surface area contributed by atoms with E-state index in [1.807, 2.05) is 41.5 Å². The molecule has 0 aliphatic rings. The van der Waals surface area contributed by atoms with Crippen LogP contribution in [0.1, 0.15) is 69.2 Å². The Bertz CT molecular complexity index is 619. The summed E-state index contributed by atoms with van der Waals surface area (Å²) in [4.78, 5) is 23.9. The lowest BCUT2D eigenvalue weighted by atomic mass is 10.1. The zero-order valence-corrected chi connectivity index (χ0v) is 20.3. The van der Waals surface area contributed by atoms with Gasteiger partial charge in [-0.05, 0) is 81.5 Å². The number of azo groups is 2. The third kappa shape index (κ3) is 15.4. The Hall–Kier alpha value is -2.57. The molecule has 4 amide bonds. The van der Waals surface area contributed by atoms with Crippen molar-refractivity contribution in [1.82, 2.24) is 32.3 Å². The van der Waals surface area contributed by atoms with E-state index in [4.69, 9.17) is 12.2 Å². The quantitative estimate of drug-likeness (QED) is 0.223. The first-order chi connectivity index (χ1) is 13.3. The number of nitrogens with zero attached hydrogens (tertiary/aromatic N) is 4. The second kappa shape index (κ2) is 10.5. The van der Waals surface area contributed by atoms with Crippen molar-refractivity contribution in [1.29, 1.82) is 0 Å². The maximum atomic E-state index is 12.0. The maximum absolute atomic E-state index is 12.0.